The van der Waals surface area contributed by atoms with Crippen LogP contribution in [0.2, 0.25) is 0 Å². The van der Waals surface area contributed by atoms with Crippen molar-refractivity contribution < 1.29 is 13.2 Å². The highest BCUT2D eigenvalue weighted by Crippen LogP contribution is 2.25. The number of sulfonamides is 1. The highest BCUT2D eigenvalue weighted by atomic mass is 32.2. The monoisotopic (exact) mass is 386 g/mol. The summed E-state index contributed by atoms with van der Waals surface area (Å²) >= 11 is 0. The first-order chi connectivity index (χ1) is 12.8. The summed E-state index contributed by atoms with van der Waals surface area (Å²) in [6, 6.07) is 12.0. The molecule has 1 saturated heterocycles. The van der Waals surface area contributed by atoms with Crippen LogP contribution in [0.15, 0.2) is 47.4 Å². The molecule has 2 aromatic rings. The molecule has 0 aliphatic carbocycles. The summed E-state index contributed by atoms with van der Waals surface area (Å²) in [6.07, 6.45) is 2.83. The lowest BCUT2D eigenvalue weighted by Crippen LogP contribution is -2.41. The Morgan fingerprint density at radius 2 is 1.78 bits per heavy atom. The van der Waals surface area contributed by atoms with Gasteiger partial charge in [-0.1, -0.05) is 24.1 Å². The molecule has 0 bridgehead atoms. The lowest BCUT2D eigenvalue weighted by atomic mass is 10.1. The lowest BCUT2D eigenvalue weighted by molar-refractivity contribution is 0.102. The van der Waals surface area contributed by atoms with Gasteiger partial charge in [-0.25, -0.2) is 8.42 Å². The van der Waals surface area contributed by atoms with E-state index in [2.05, 4.69) is 5.32 Å². The van der Waals surface area contributed by atoms with Crippen LogP contribution in [0.1, 0.15) is 47.7 Å². The van der Waals surface area contributed by atoms with E-state index >= 15 is 0 Å². The van der Waals surface area contributed by atoms with E-state index < -0.39 is 10.0 Å². The van der Waals surface area contributed by atoms with Crippen LogP contribution in [0.5, 0.6) is 0 Å². The van der Waals surface area contributed by atoms with E-state index in [0.29, 0.717) is 12.1 Å². The summed E-state index contributed by atoms with van der Waals surface area (Å²) in [6.45, 7) is 6.44. The first-order valence-corrected chi connectivity index (χ1v) is 10.7. The molecule has 2 aromatic carbocycles. The molecule has 0 spiro atoms. The predicted octanol–water partition coefficient (Wildman–Crippen LogP) is 4.12. The fourth-order valence-corrected chi connectivity index (χ4v) is 5.19. The second-order valence-electron chi connectivity index (χ2n) is 7.26. The molecule has 1 fully saturated rings. The number of aryl methyl sites for hydroxylation is 2. The topological polar surface area (TPSA) is 66.5 Å². The van der Waals surface area contributed by atoms with E-state index in [1.54, 1.807) is 16.4 Å². The minimum atomic E-state index is -3.52. The van der Waals surface area contributed by atoms with Gasteiger partial charge in [0, 0.05) is 23.8 Å². The Morgan fingerprint density at radius 1 is 1.07 bits per heavy atom. The zero-order valence-corrected chi connectivity index (χ0v) is 16.8. The lowest BCUT2D eigenvalue weighted by Gasteiger charge is -2.32. The molecular formula is C21H26N2O3S. The summed E-state index contributed by atoms with van der Waals surface area (Å²) in [4.78, 5) is 12.7. The van der Waals surface area contributed by atoms with Crippen LogP contribution in [-0.4, -0.2) is 31.2 Å². The SMILES string of the molecule is Cc1ccc(NC(=O)c2ccc(S(=O)(=O)N3CCCC[C@H]3C)cc2)c(C)c1. The molecule has 27 heavy (non-hydrogen) atoms. The molecule has 1 N–H and O–H groups in total. The van der Waals surface area contributed by atoms with Crippen molar-refractivity contribution >= 4 is 21.6 Å². The predicted molar refractivity (Wildman–Crippen MR) is 108 cm³/mol. The van der Waals surface area contributed by atoms with Crippen LogP contribution < -0.4 is 5.32 Å². The Labute approximate surface area is 161 Å². The first-order valence-electron chi connectivity index (χ1n) is 9.29. The van der Waals surface area contributed by atoms with Gasteiger partial charge in [0.2, 0.25) is 10.0 Å². The van der Waals surface area contributed by atoms with E-state index in [1.807, 2.05) is 39.0 Å². The van der Waals surface area contributed by atoms with E-state index in [4.69, 9.17) is 0 Å². The second-order valence-corrected chi connectivity index (χ2v) is 9.15. The first kappa shape index (κ1) is 19.6. The number of hydrogen-bond donors (Lipinski definition) is 1. The maximum absolute atomic E-state index is 12.9. The largest absolute Gasteiger partial charge is 0.322 e. The van der Waals surface area contributed by atoms with Crippen LogP contribution in [-0.2, 0) is 10.0 Å². The zero-order valence-electron chi connectivity index (χ0n) is 16.0. The van der Waals surface area contributed by atoms with Gasteiger partial charge in [0.1, 0.15) is 0 Å². The Bertz CT molecular complexity index is 936. The number of carbonyl (C=O) groups is 1. The van der Waals surface area contributed by atoms with Gasteiger partial charge >= 0.3 is 0 Å². The Hall–Kier alpha value is -2.18. The molecule has 3 rings (SSSR count). The van der Waals surface area contributed by atoms with E-state index in [0.717, 1.165) is 36.1 Å². The quantitative estimate of drug-likeness (QED) is 0.859. The van der Waals surface area contributed by atoms with Crippen LogP contribution in [0.25, 0.3) is 0 Å². The molecule has 0 unspecified atom stereocenters. The van der Waals surface area contributed by atoms with E-state index in [9.17, 15) is 13.2 Å². The van der Waals surface area contributed by atoms with E-state index in [-0.39, 0.29) is 16.8 Å². The number of rotatable bonds is 4. The van der Waals surface area contributed by atoms with Gasteiger partial charge in [-0.05, 0) is 69.5 Å². The Morgan fingerprint density at radius 3 is 2.41 bits per heavy atom. The second kappa shape index (κ2) is 7.82. The van der Waals surface area contributed by atoms with Crippen molar-refractivity contribution in [1.29, 1.82) is 0 Å². The molecule has 1 amide bonds. The fraction of sp³-hybridized carbons (Fsp3) is 0.381. The van der Waals surface area contributed by atoms with Crippen LogP contribution in [0.3, 0.4) is 0 Å². The smallest absolute Gasteiger partial charge is 0.255 e. The van der Waals surface area contributed by atoms with Crippen molar-refractivity contribution in [3.05, 3.63) is 59.2 Å². The number of nitrogens with zero attached hydrogens (tertiary/aromatic N) is 1. The van der Waals surface area contributed by atoms with Gasteiger partial charge in [-0.2, -0.15) is 4.31 Å². The Balaban J connectivity index is 1.77. The minimum absolute atomic E-state index is 0.0104. The molecule has 0 radical (unpaired) electrons. The molecule has 144 valence electrons. The number of amides is 1. The molecule has 1 atom stereocenters. The van der Waals surface area contributed by atoms with Crippen molar-refractivity contribution in [2.24, 2.45) is 0 Å². The normalized spacial score (nSPS) is 18.3. The van der Waals surface area contributed by atoms with Crippen molar-refractivity contribution in [2.75, 3.05) is 11.9 Å². The standard InChI is InChI=1S/C21H26N2O3S/c1-15-7-12-20(16(2)14-15)22-21(24)18-8-10-19(11-9-18)27(25,26)23-13-5-4-6-17(23)3/h7-12,14,17H,4-6,13H2,1-3H3,(H,22,24)/t17-/m1/s1. The van der Waals surface area contributed by atoms with Crippen molar-refractivity contribution in [2.45, 2.75) is 51.0 Å². The average molecular weight is 387 g/mol. The summed E-state index contributed by atoms with van der Waals surface area (Å²) in [7, 11) is -3.52. The summed E-state index contributed by atoms with van der Waals surface area (Å²) in [5.74, 6) is -0.253. The number of benzene rings is 2. The maximum Gasteiger partial charge on any atom is 0.255 e. The molecule has 6 heteroatoms. The van der Waals surface area contributed by atoms with Crippen molar-refractivity contribution in [3.8, 4) is 0 Å². The van der Waals surface area contributed by atoms with Gasteiger partial charge in [-0.15, -0.1) is 0 Å². The third-order valence-corrected chi connectivity index (χ3v) is 7.12. The van der Waals surface area contributed by atoms with Gasteiger partial charge < -0.3 is 5.32 Å². The molecule has 0 aromatic heterocycles. The number of nitrogens with one attached hydrogen (secondary N) is 1. The van der Waals surface area contributed by atoms with Gasteiger partial charge in [0.25, 0.3) is 5.91 Å². The molecule has 1 aliphatic heterocycles. The molecule has 0 saturated carbocycles. The molecule has 5 nitrogen and oxygen atoms in total. The third kappa shape index (κ3) is 4.22. The summed E-state index contributed by atoms with van der Waals surface area (Å²) in [5, 5.41) is 2.88. The number of anilines is 1. The minimum Gasteiger partial charge on any atom is -0.322 e. The van der Waals surface area contributed by atoms with E-state index in [1.165, 1.54) is 12.1 Å². The fourth-order valence-electron chi connectivity index (χ4n) is 3.49. The maximum atomic E-state index is 12.9. The van der Waals surface area contributed by atoms with Crippen LogP contribution >= 0.6 is 0 Å². The number of hydrogen-bond acceptors (Lipinski definition) is 3. The van der Waals surface area contributed by atoms with Gasteiger partial charge in [0.05, 0.1) is 4.90 Å². The van der Waals surface area contributed by atoms with Crippen LogP contribution in [0, 0.1) is 13.8 Å². The van der Waals surface area contributed by atoms with Gasteiger partial charge in [0.15, 0.2) is 0 Å². The Kier molecular flexibility index (Phi) is 5.67. The van der Waals surface area contributed by atoms with Crippen molar-refractivity contribution in [3.63, 3.8) is 0 Å². The molecule has 1 heterocycles. The third-order valence-electron chi connectivity index (χ3n) is 5.10. The summed E-state index contributed by atoms with van der Waals surface area (Å²) < 4.78 is 27.3. The molecule has 1 aliphatic rings. The van der Waals surface area contributed by atoms with Gasteiger partial charge in [-0.3, -0.25) is 4.79 Å². The van der Waals surface area contributed by atoms with Crippen LogP contribution in [0.4, 0.5) is 5.69 Å². The highest BCUT2D eigenvalue weighted by Gasteiger charge is 2.30. The number of piperidine rings is 1. The highest BCUT2D eigenvalue weighted by molar-refractivity contribution is 7.89. The average Bonchev–Trinajstić information content (AvgIpc) is 2.64. The zero-order chi connectivity index (χ0) is 19.6. The molecular weight excluding hydrogens is 360 g/mol. The summed E-state index contributed by atoms with van der Waals surface area (Å²) in [5.41, 5.74) is 3.30. The van der Waals surface area contributed by atoms with Crippen molar-refractivity contribution in [1.82, 2.24) is 4.31 Å². The number of carbonyl (C=O) groups excluding carboxylic acids is 1.